The van der Waals surface area contributed by atoms with Crippen molar-refractivity contribution in [2.24, 2.45) is 11.8 Å². The monoisotopic (exact) mass is 514 g/mol. The third-order valence-corrected chi connectivity index (χ3v) is 10.9. The van der Waals surface area contributed by atoms with Gasteiger partial charge >= 0.3 is 5.97 Å². The van der Waals surface area contributed by atoms with E-state index in [1.54, 1.807) is 23.6 Å². The summed E-state index contributed by atoms with van der Waals surface area (Å²) >= 11 is 1.65. The molecular formula is C28H38N2O5S. The number of esters is 1. The van der Waals surface area contributed by atoms with E-state index in [2.05, 4.69) is 5.32 Å². The normalized spacial score (nSPS) is 34.5. The number of fused-ring (bicyclic) bond motifs is 1. The van der Waals surface area contributed by atoms with E-state index in [1.807, 2.05) is 37.3 Å². The molecule has 36 heavy (non-hydrogen) atoms. The standard InChI is InChI=1S/C28H38N2O5S/c1-3-35-26(34)22-21-25(33)30(20(17-31)16-18-10-6-4-7-11-18)23(28(21)15-14-27(22,2)36-28)24(32)29-19-12-8-5-9-13-19/h4,6-7,10-11,19-23,31H,3,5,8-9,12-17H2,1-2H3,(H,29,32)/t20-,21+,22-,23?,27+,28?/m1/s1. The second-order valence-corrected chi connectivity index (χ2v) is 13.0. The summed E-state index contributed by atoms with van der Waals surface area (Å²) in [6, 6.07) is 8.60. The molecule has 2 bridgehead atoms. The first-order chi connectivity index (χ1) is 17.3. The summed E-state index contributed by atoms with van der Waals surface area (Å²) in [5, 5.41) is 13.8. The van der Waals surface area contributed by atoms with Crippen LogP contribution in [-0.2, 0) is 25.5 Å². The van der Waals surface area contributed by atoms with Crippen molar-refractivity contribution in [2.75, 3.05) is 13.2 Å². The van der Waals surface area contributed by atoms with Gasteiger partial charge in [-0.25, -0.2) is 0 Å². The van der Waals surface area contributed by atoms with Crippen LogP contribution in [0.3, 0.4) is 0 Å². The summed E-state index contributed by atoms with van der Waals surface area (Å²) in [6.45, 7) is 3.84. The van der Waals surface area contributed by atoms with Crippen molar-refractivity contribution >= 4 is 29.5 Å². The first kappa shape index (κ1) is 25.6. The van der Waals surface area contributed by atoms with Gasteiger partial charge in [-0.05, 0) is 51.5 Å². The predicted molar refractivity (Wildman–Crippen MR) is 138 cm³/mol. The van der Waals surface area contributed by atoms with Crippen LogP contribution >= 0.6 is 11.8 Å². The van der Waals surface area contributed by atoms with Gasteiger partial charge in [0.2, 0.25) is 11.8 Å². The second kappa shape index (κ2) is 10.0. The number of aliphatic hydroxyl groups excluding tert-OH is 1. The maximum atomic E-state index is 14.2. The number of nitrogens with one attached hydrogen (secondary N) is 1. The average Bonchev–Trinajstić information content (AvgIpc) is 3.44. The van der Waals surface area contributed by atoms with E-state index in [9.17, 15) is 19.5 Å². The molecule has 1 saturated carbocycles. The molecule has 0 aromatic heterocycles. The van der Waals surface area contributed by atoms with Crippen molar-refractivity contribution in [3.05, 3.63) is 35.9 Å². The van der Waals surface area contributed by atoms with Crippen molar-refractivity contribution in [1.29, 1.82) is 0 Å². The first-order valence-corrected chi connectivity index (χ1v) is 14.3. The largest absolute Gasteiger partial charge is 0.466 e. The number of hydrogen-bond donors (Lipinski definition) is 2. The van der Waals surface area contributed by atoms with Crippen LogP contribution in [0.25, 0.3) is 0 Å². The number of ether oxygens (including phenoxy) is 1. The fourth-order valence-electron chi connectivity index (χ4n) is 7.31. The molecule has 1 spiro atoms. The number of aliphatic hydroxyl groups is 1. The summed E-state index contributed by atoms with van der Waals surface area (Å²) in [6.07, 6.45) is 7.18. The molecule has 7 nitrogen and oxygen atoms in total. The Morgan fingerprint density at radius 2 is 1.92 bits per heavy atom. The van der Waals surface area contributed by atoms with Crippen LogP contribution in [0.5, 0.6) is 0 Å². The SMILES string of the molecule is CCOC(=O)[C@H]1[C@H]2C(=O)N([C@@H](CO)Cc3ccccc3)C(C(=O)NC3CCCCC3)C23CC[C@]1(C)S3. The zero-order chi connectivity index (χ0) is 25.5. The third-order valence-electron chi connectivity index (χ3n) is 8.87. The van der Waals surface area contributed by atoms with Crippen LogP contribution in [0.4, 0.5) is 0 Å². The molecule has 4 aliphatic rings. The molecule has 5 rings (SSSR count). The van der Waals surface area contributed by atoms with Crippen LogP contribution < -0.4 is 5.32 Å². The Morgan fingerprint density at radius 1 is 1.19 bits per heavy atom. The molecule has 3 saturated heterocycles. The van der Waals surface area contributed by atoms with Gasteiger partial charge in [0.15, 0.2) is 0 Å². The van der Waals surface area contributed by atoms with Crippen LogP contribution in [0.1, 0.15) is 64.4 Å². The summed E-state index contributed by atoms with van der Waals surface area (Å²) in [5.74, 6) is -1.88. The number of carbonyl (C=O) groups is 3. The van der Waals surface area contributed by atoms with E-state index in [1.165, 1.54) is 6.42 Å². The van der Waals surface area contributed by atoms with Gasteiger partial charge in [-0.3, -0.25) is 14.4 Å². The van der Waals surface area contributed by atoms with E-state index < -0.39 is 33.4 Å². The fourth-order valence-corrected chi connectivity index (χ4v) is 9.64. The van der Waals surface area contributed by atoms with Crippen LogP contribution in [-0.4, -0.2) is 68.6 Å². The number of thioether (sulfide) groups is 1. The quantitative estimate of drug-likeness (QED) is 0.518. The Bertz CT molecular complexity index is 999. The highest BCUT2D eigenvalue weighted by atomic mass is 32.2. The predicted octanol–water partition coefficient (Wildman–Crippen LogP) is 3.08. The lowest BCUT2D eigenvalue weighted by molar-refractivity contribution is -0.155. The lowest BCUT2D eigenvalue weighted by Gasteiger charge is -2.38. The van der Waals surface area contributed by atoms with E-state index >= 15 is 0 Å². The van der Waals surface area contributed by atoms with Crippen molar-refractivity contribution < 1.29 is 24.2 Å². The maximum absolute atomic E-state index is 14.2. The van der Waals surface area contributed by atoms with Gasteiger partial charge < -0.3 is 20.1 Å². The number of hydrogen-bond acceptors (Lipinski definition) is 6. The van der Waals surface area contributed by atoms with Gasteiger partial charge in [0.25, 0.3) is 0 Å². The molecule has 0 radical (unpaired) electrons. The molecule has 1 aromatic rings. The Labute approximate surface area is 217 Å². The number of nitrogens with zero attached hydrogens (tertiary/aromatic N) is 1. The minimum absolute atomic E-state index is 0.111. The molecule has 2 N–H and O–H groups in total. The minimum Gasteiger partial charge on any atom is -0.466 e. The third kappa shape index (κ3) is 4.14. The maximum Gasteiger partial charge on any atom is 0.311 e. The number of rotatable bonds is 8. The minimum atomic E-state index is -0.718. The molecule has 1 aliphatic carbocycles. The van der Waals surface area contributed by atoms with Gasteiger partial charge in [0.1, 0.15) is 6.04 Å². The topological polar surface area (TPSA) is 95.9 Å². The van der Waals surface area contributed by atoms with E-state index in [4.69, 9.17) is 4.74 Å². The highest BCUT2D eigenvalue weighted by molar-refractivity contribution is 8.02. The number of benzene rings is 1. The molecule has 1 aromatic carbocycles. The molecule has 8 heteroatoms. The summed E-state index contributed by atoms with van der Waals surface area (Å²) < 4.78 is 4.34. The van der Waals surface area contributed by atoms with E-state index in [0.29, 0.717) is 12.8 Å². The Morgan fingerprint density at radius 3 is 2.58 bits per heavy atom. The van der Waals surface area contributed by atoms with Gasteiger partial charge in [0, 0.05) is 10.8 Å². The molecule has 6 atom stereocenters. The van der Waals surface area contributed by atoms with Gasteiger partial charge in [-0.2, -0.15) is 0 Å². The summed E-state index contributed by atoms with van der Waals surface area (Å²) in [5.41, 5.74) is 0.996. The Hall–Kier alpha value is -2.06. The van der Waals surface area contributed by atoms with Crippen molar-refractivity contribution in [3.63, 3.8) is 0 Å². The molecule has 3 heterocycles. The van der Waals surface area contributed by atoms with Gasteiger partial charge in [0.05, 0.1) is 35.8 Å². The number of likely N-dealkylation sites (tertiary alicyclic amines) is 1. The second-order valence-electron chi connectivity index (χ2n) is 11.1. The number of amides is 2. The molecule has 3 aliphatic heterocycles. The molecule has 2 unspecified atom stereocenters. The lowest BCUT2D eigenvalue weighted by atomic mass is 9.66. The van der Waals surface area contributed by atoms with Gasteiger partial charge in [-0.1, -0.05) is 49.6 Å². The molecular weight excluding hydrogens is 476 g/mol. The Kier molecular flexibility index (Phi) is 7.11. The molecule has 196 valence electrons. The van der Waals surface area contributed by atoms with Gasteiger partial charge in [-0.15, -0.1) is 11.8 Å². The van der Waals surface area contributed by atoms with Crippen LogP contribution in [0, 0.1) is 11.8 Å². The average molecular weight is 515 g/mol. The fraction of sp³-hybridized carbons (Fsp3) is 0.679. The van der Waals surface area contributed by atoms with Crippen molar-refractivity contribution in [1.82, 2.24) is 10.2 Å². The van der Waals surface area contributed by atoms with Crippen LogP contribution in [0.15, 0.2) is 30.3 Å². The number of carbonyl (C=O) groups excluding carboxylic acids is 3. The first-order valence-electron chi connectivity index (χ1n) is 13.5. The molecule has 4 fully saturated rings. The molecule has 2 amide bonds. The smallest absolute Gasteiger partial charge is 0.311 e. The van der Waals surface area contributed by atoms with Crippen LogP contribution in [0.2, 0.25) is 0 Å². The highest BCUT2D eigenvalue weighted by Crippen LogP contribution is 2.71. The highest BCUT2D eigenvalue weighted by Gasteiger charge is 2.78. The van der Waals surface area contributed by atoms with E-state index in [-0.39, 0.29) is 37.0 Å². The van der Waals surface area contributed by atoms with E-state index in [0.717, 1.165) is 37.7 Å². The lowest BCUT2D eigenvalue weighted by Crippen LogP contribution is -2.58. The Balaban J connectivity index is 1.53. The summed E-state index contributed by atoms with van der Waals surface area (Å²) in [4.78, 5) is 43.2. The zero-order valence-corrected chi connectivity index (χ0v) is 22.1. The van der Waals surface area contributed by atoms with Crippen molar-refractivity contribution in [3.8, 4) is 0 Å². The zero-order valence-electron chi connectivity index (χ0n) is 21.3. The van der Waals surface area contributed by atoms with Crippen molar-refractivity contribution in [2.45, 2.75) is 92.8 Å². The summed E-state index contributed by atoms with van der Waals surface area (Å²) in [7, 11) is 0.